The van der Waals surface area contributed by atoms with Crippen molar-refractivity contribution >= 4 is 26.5 Å². The Kier molecular flexibility index (Phi) is 4.92. The van der Waals surface area contributed by atoms with Crippen LogP contribution >= 0.6 is 11.3 Å². The Balaban J connectivity index is 2.27. The number of anilines is 1. The van der Waals surface area contributed by atoms with E-state index in [-0.39, 0.29) is 10.0 Å². The molecule has 1 aromatic carbocycles. The van der Waals surface area contributed by atoms with E-state index in [1.165, 1.54) is 5.51 Å². The van der Waals surface area contributed by atoms with E-state index in [0.717, 1.165) is 16.9 Å². The number of rotatable bonds is 6. The molecule has 2 aromatic rings. The van der Waals surface area contributed by atoms with Crippen LogP contribution in [0.2, 0.25) is 0 Å². The zero-order chi connectivity index (χ0) is 15.5. The minimum atomic E-state index is -3.64. The van der Waals surface area contributed by atoms with E-state index in [9.17, 15) is 8.42 Å². The van der Waals surface area contributed by atoms with Gasteiger partial charge in [-0.25, -0.2) is 8.42 Å². The molecule has 0 saturated heterocycles. The number of sulfonamides is 1. The van der Waals surface area contributed by atoms with Gasteiger partial charge in [-0.1, -0.05) is 37.3 Å². The van der Waals surface area contributed by atoms with Crippen LogP contribution in [0.15, 0.2) is 28.6 Å². The topological polar surface area (TPSA) is 84.0 Å². The Morgan fingerprint density at radius 3 is 2.71 bits per heavy atom. The SMILES string of the molecule is Cc1ccc(CNC(C)C)cc1S(=O)(=O)Nc1nncs1. The third kappa shape index (κ3) is 4.23. The molecule has 1 aromatic heterocycles. The number of nitrogens with zero attached hydrogens (tertiary/aromatic N) is 2. The number of aryl methyl sites for hydroxylation is 1. The van der Waals surface area contributed by atoms with E-state index >= 15 is 0 Å². The Labute approximate surface area is 128 Å². The first-order chi connectivity index (χ1) is 9.88. The van der Waals surface area contributed by atoms with Gasteiger partial charge in [-0.15, -0.1) is 10.2 Å². The van der Waals surface area contributed by atoms with E-state index in [1.807, 2.05) is 26.0 Å². The van der Waals surface area contributed by atoms with Crippen molar-refractivity contribution in [3.05, 3.63) is 34.8 Å². The zero-order valence-corrected chi connectivity index (χ0v) is 13.8. The standard InChI is InChI=1S/C13H18N4O2S2/c1-9(2)14-7-11-5-4-10(3)12(6-11)21(18,19)17-13-16-15-8-20-13/h4-6,8-9,14H,7H2,1-3H3,(H,16,17). The molecular weight excluding hydrogens is 308 g/mol. The predicted molar refractivity (Wildman–Crippen MR) is 83.9 cm³/mol. The van der Waals surface area contributed by atoms with Crippen molar-refractivity contribution in [3.8, 4) is 0 Å². The van der Waals surface area contributed by atoms with Crippen molar-refractivity contribution in [2.75, 3.05) is 4.72 Å². The first-order valence-electron chi connectivity index (χ1n) is 6.50. The highest BCUT2D eigenvalue weighted by molar-refractivity contribution is 7.93. The molecule has 21 heavy (non-hydrogen) atoms. The van der Waals surface area contributed by atoms with E-state index < -0.39 is 10.0 Å². The van der Waals surface area contributed by atoms with Gasteiger partial charge in [0.15, 0.2) is 0 Å². The lowest BCUT2D eigenvalue weighted by atomic mass is 10.1. The van der Waals surface area contributed by atoms with Crippen LogP contribution in [0.4, 0.5) is 5.13 Å². The molecule has 0 aliphatic carbocycles. The Morgan fingerprint density at radius 2 is 2.10 bits per heavy atom. The second kappa shape index (κ2) is 6.50. The lowest BCUT2D eigenvalue weighted by Crippen LogP contribution is -2.22. The highest BCUT2D eigenvalue weighted by Crippen LogP contribution is 2.21. The molecule has 114 valence electrons. The van der Waals surface area contributed by atoms with Gasteiger partial charge in [0, 0.05) is 12.6 Å². The third-order valence-electron chi connectivity index (χ3n) is 2.84. The highest BCUT2D eigenvalue weighted by Gasteiger charge is 2.18. The van der Waals surface area contributed by atoms with Crippen LogP contribution < -0.4 is 10.0 Å². The van der Waals surface area contributed by atoms with Crippen LogP contribution in [0.3, 0.4) is 0 Å². The molecule has 0 radical (unpaired) electrons. The van der Waals surface area contributed by atoms with Crippen LogP contribution in [0, 0.1) is 6.92 Å². The van der Waals surface area contributed by atoms with Crippen molar-refractivity contribution < 1.29 is 8.42 Å². The maximum atomic E-state index is 12.4. The molecule has 8 heteroatoms. The molecule has 0 unspecified atom stereocenters. The molecule has 0 aliphatic rings. The fourth-order valence-corrected chi connectivity index (χ4v) is 3.74. The minimum absolute atomic E-state index is 0.264. The summed E-state index contributed by atoms with van der Waals surface area (Å²) in [5.74, 6) is 0. The van der Waals surface area contributed by atoms with Gasteiger partial charge in [-0.05, 0) is 24.1 Å². The molecule has 0 spiro atoms. The summed E-state index contributed by atoms with van der Waals surface area (Å²) in [6.45, 7) is 6.49. The van der Waals surface area contributed by atoms with Crippen LogP contribution in [0.5, 0.6) is 0 Å². The predicted octanol–water partition coefficient (Wildman–Crippen LogP) is 2.15. The van der Waals surface area contributed by atoms with E-state index in [0.29, 0.717) is 18.2 Å². The molecular formula is C13H18N4O2S2. The van der Waals surface area contributed by atoms with Gasteiger partial charge in [0.1, 0.15) is 5.51 Å². The summed E-state index contributed by atoms with van der Waals surface area (Å²) in [6, 6.07) is 5.76. The molecule has 0 saturated carbocycles. The maximum absolute atomic E-state index is 12.4. The molecule has 2 rings (SSSR count). The van der Waals surface area contributed by atoms with Crippen molar-refractivity contribution in [3.63, 3.8) is 0 Å². The van der Waals surface area contributed by atoms with E-state index in [2.05, 4.69) is 20.2 Å². The highest BCUT2D eigenvalue weighted by atomic mass is 32.2. The molecule has 2 N–H and O–H groups in total. The van der Waals surface area contributed by atoms with Gasteiger partial charge in [-0.3, -0.25) is 4.72 Å². The maximum Gasteiger partial charge on any atom is 0.263 e. The van der Waals surface area contributed by atoms with Gasteiger partial charge in [0.05, 0.1) is 4.90 Å². The van der Waals surface area contributed by atoms with Crippen molar-refractivity contribution in [1.29, 1.82) is 0 Å². The molecule has 1 heterocycles. The van der Waals surface area contributed by atoms with Gasteiger partial charge in [-0.2, -0.15) is 0 Å². The van der Waals surface area contributed by atoms with Gasteiger partial charge < -0.3 is 5.32 Å². The second-order valence-electron chi connectivity index (χ2n) is 4.98. The first kappa shape index (κ1) is 15.9. The Morgan fingerprint density at radius 1 is 1.33 bits per heavy atom. The summed E-state index contributed by atoms with van der Waals surface area (Å²) in [6.07, 6.45) is 0. The largest absolute Gasteiger partial charge is 0.310 e. The molecule has 0 atom stereocenters. The number of nitrogens with one attached hydrogen (secondary N) is 2. The zero-order valence-electron chi connectivity index (χ0n) is 12.1. The molecule has 0 fully saturated rings. The number of hydrogen-bond donors (Lipinski definition) is 2. The number of aromatic nitrogens is 2. The summed E-state index contributed by atoms with van der Waals surface area (Å²) in [4.78, 5) is 0.265. The van der Waals surface area contributed by atoms with Crippen LogP contribution in [0.1, 0.15) is 25.0 Å². The summed E-state index contributed by atoms with van der Waals surface area (Å²) in [7, 11) is -3.64. The summed E-state index contributed by atoms with van der Waals surface area (Å²) < 4.78 is 27.3. The normalized spacial score (nSPS) is 11.8. The van der Waals surface area contributed by atoms with Crippen LogP contribution in [-0.2, 0) is 16.6 Å². The molecule has 0 bridgehead atoms. The lowest BCUT2D eigenvalue weighted by Gasteiger charge is -2.12. The quantitative estimate of drug-likeness (QED) is 0.850. The van der Waals surface area contributed by atoms with Gasteiger partial charge in [0.2, 0.25) is 5.13 Å². The van der Waals surface area contributed by atoms with E-state index in [1.54, 1.807) is 13.0 Å². The molecule has 0 aliphatic heterocycles. The average Bonchev–Trinajstić information content (AvgIpc) is 2.89. The average molecular weight is 326 g/mol. The van der Waals surface area contributed by atoms with Gasteiger partial charge in [0.25, 0.3) is 10.0 Å². The van der Waals surface area contributed by atoms with Crippen molar-refractivity contribution in [2.24, 2.45) is 0 Å². The molecule has 6 nitrogen and oxygen atoms in total. The van der Waals surface area contributed by atoms with Crippen molar-refractivity contribution in [1.82, 2.24) is 15.5 Å². The van der Waals surface area contributed by atoms with Crippen LogP contribution in [-0.4, -0.2) is 24.7 Å². The Hall–Kier alpha value is -1.51. The molecule has 0 amide bonds. The second-order valence-corrected chi connectivity index (χ2v) is 7.47. The fraction of sp³-hybridized carbons (Fsp3) is 0.385. The van der Waals surface area contributed by atoms with Crippen LogP contribution in [0.25, 0.3) is 0 Å². The summed E-state index contributed by atoms with van der Waals surface area (Å²) in [5, 5.41) is 10.9. The fourth-order valence-electron chi connectivity index (χ4n) is 1.75. The minimum Gasteiger partial charge on any atom is -0.310 e. The first-order valence-corrected chi connectivity index (χ1v) is 8.86. The monoisotopic (exact) mass is 326 g/mol. The van der Waals surface area contributed by atoms with Gasteiger partial charge >= 0.3 is 0 Å². The van der Waals surface area contributed by atoms with Crippen molar-refractivity contribution in [2.45, 2.75) is 38.3 Å². The summed E-state index contributed by atoms with van der Waals surface area (Å²) in [5.41, 5.74) is 3.10. The number of hydrogen-bond acceptors (Lipinski definition) is 6. The summed E-state index contributed by atoms with van der Waals surface area (Å²) >= 11 is 1.14. The Bertz CT molecular complexity index is 697. The number of benzene rings is 1. The smallest absolute Gasteiger partial charge is 0.263 e. The third-order valence-corrected chi connectivity index (χ3v) is 5.06. The lowest BCUT2D eigenvalue weighted by molar-refractivity contribution is 0.586. The van der Waals surface area contributed by atoms with E-state index in [4.69, 9.17) is 0 Å².